The van der Waals surface area contributed by atoms with Crippen molar-refractivity contribution in [1.29, 1.82) is 0 Å². The van der Waals surface area contributed by atoms with E-state index in [4.69, 9.17) is 23.7 Å². The lowest BCUT2D eigenvalue weighted by atomic mass is 9.98. The molecule has 0 radical (unpaired) electrons. The summed E-state index contributed by atoms with van der Waals surface area (Å²) >= 11 is 3.81. The van der Waals surface area contributed by atoms with Crippen LogP contribution in [0.25, 0.3) is 0 Å². The van der Waals surface area contributed by atoms with Crippen LogP contribution in [0.5, 0.6) is 0 Å². The Balaban J connectivity index is 1.59. The van der Waals surface area contributed by atoms with Crippen LogP contribution in [-0.4, -0.2) is 58.4 Å². The van der Waals surface area contributed by atoms with Crippen LogP contribution in [0.15, 0.2) is 0 Å². The Labute approximate surface area is 146 Å². The van der Waals surface area contributed by atoms with E-state index in [1.54, 1.807) is 0 Å². The average molecular weight is 363 g/mol. The van der Waals surface area contributed by atoms with Crippen LogP contribution in [0, 0.1) is 0 Å². The van der Waals surface area contributed by atoms with Crippen molar-refractivity contribution in [1.82, 2.24) is 0 Å². The Kier molecular flexibility index (Phi) is 4.24. The fraction of sp³-hybridized carbons (Fsp3) is 1.00. The first-order valence-corrected chi connectivity index (χ1v) is 10.4. The Hall–Kier alpha value is 0.500. The Bertz CT molecular complexity index is 463. The first-order chi connectivity index (χ1) is 10.8. The lowest BCUT2D eigenvalue weighted by Gasteiger charge is -2.47. The largest absolute Gasteiger partial charge is 0.348 e. The summed E-state index contributed by atoms with van der Waals surface area (Å²) in [6.45, 7) is 8.39. The van der Waals surface area contributed by atoms with Crippen molar-refractivity contribution >= 4 is 23.5 Å². The second kappa shape index (κ2) is 5.76. The van der Waals surface area contributed by atoms with Crippen molar-refractivity contribution < 1.29 is 23.7 Å². The van der Waals surface area contributed by atoms with Gasteiger partial charge in [0, 0.05) is 6.42 Å². The molecule has 5 nitrogen and oxygen atoms in total. The fourth-order valence-corrected chi connectivity index (χ4v) is 6.91. The van der Waals surface area contributed by atoms with Gasteiger partial charge in [-0.05, 0) is 45.6 Å². The first kappa shape index (κ1) is 16.9. The SMILES string of the molecule is CC1(C)OC[C@H]([C@H]2OC3(C[C@H]4OC(C)(C)O[C@@H]24)SCCCS3)O1. The van der Waals surface area contributed by atoms with Crippen LogP contribution in [0.3, 0.4) is 0 Å². The van der Waals surface area contributed by atoms with Gasteiger partial charge in [-0.15, -0.1) is 23.5 Å². The van der Waals surface area contributed by atoms with E-state index in [0.717, 1.165) is 17.9 Å². The van der Waals surface area contributed by atoms with E-state index in [9.17, 15) is 0 Å². The highest BCUT2D eigenvalue weighted by molar-refractivity contribution is 8.18. The van der Waals surface area contributed by atoms with Crippen LogP contribution in [0.2, 0.25) is 0 Å². The summed E-state index contributed by atoms with van der Waals surface area (Å²) in [6.07, 6.45) is 1.78. The Morgan fingerprint density at radius 1 is 0.783 bits per heavy atom. The molecule has 23 heavy (non-hydrogen) atoms. The zero-order valence-electron chi connectivity index (χ0n) is 14.2. The van der Waals surface area contributed by atoms with Crippen molar-refractivity contribution in [2.45, 2.75) is 80.8 Å². The lowest BCUT2D eigenvalue weighted by molar-refractivity contribution is -0.198. The third-order valence-corrected chi connectivity index (χ3v) is 7.74. The number of fused-ring (bicyclic) bond motifs is 1. The molecule has 4 heterocycles. The fourth-order valence-electron chi connectivity index (χ4n) is 3.77. The molecule has 4 aliphatic rings. The monoisotopic (exact) mass is 362 g/mol. The smallest absolute Gasteiger partial charge is 0.163 e. The van der Waals surface area contributed by atoms with Crippen molar-refractivity contribution in [3.05, 3.63) is 0 Å². The quantitative estimate of drug-likeness (QED) is 0.710. The van der Waals surface area contributed by atoms with Crippen LogP contribution >= 0.6 is 23.5 Å². The van der Waals surface area contributed by atoms with E-state index in [2.05, 4.69) is 0 Å². The molecular weight excluding hydrogens is 336 g/mol. The first-order valence-electron chi connectivity index (χ1n) is 8.41. The summed E-state index contributed by atoms with van der Waals surface area (Å²) in [5.41, 5.74) is 0. The predicted molar refractivity (Wildman–Crippen MR) is 90.5 cm³/mol. The topological polar surface area (TPSA) is 46.2 Å². The van der Waals surface area contributed by atoms with Gasteiger partial charge in [-0.2, -0.15) is 0 Å². The molecule has 4 rings (SSSR count). The van der Waals surface area contributed by atoms with E-state index in [0.29, 0.717) is 6.61 Å². The van der Waals surface area contributed by atoms with E-state index < -0.39 is 11.6 Å². The standard InChI is InChI=1S/C16H26O5S2/c1-14(2)17-9-11(19-14)13-12-10(18-15(3,4)20-12)8-16(21-13)22-6-5-7-23-16/h10-13H,5-9H2,1-4H3/t10-,11-,12-,13-/m1/s1. The predicted octanol–water partition coefficient (Wildman–Crippen LogP) is 2.97. The number of hydrogen-bond donors (Lipinski definition) is 0. The minimum atomic E-state index is -0.568. The van der Waals surface area contributed by atoms with Crippen molar-refractivity contribution in [2.24, 2.45) is 0 Å². The summed E-state index contributed by atoms with van der Waals surface area (Å²) in [7, 11) is 0. The van der Waals surface area contributed by atoms with Crippen molar-refractivity contribution in [3.63, 3.8) is 0 Å². The molecular formula is C16H26O5S2. The van der Waals surface area contributed by atoms with Crippen LogP contribution < -0.4 is 0 Å². The van der Waals surface area contributed by atoms with Gasteiger partial charge in [-0.25, -0.2) is 0 Å². The minimum absolute atomic E-state index is 0.0502. The second-order valence-electron chi connectivity index (χ2n) is 7.53. The molecule has 7 heteroatoms. The normalized spacial score (nSPS) is 44.3. The molecule has 0 aromatic heterocycles. The summed E-state index contributed by atoms with van der Waals surface area (Å²) in [4.78, 5) is 0. The van der Waals surface area contributed by atoms with E-state index in [1.165, 1.54) is 6.42 Å². The highest BCUT2D eigenvalue weighted by Gasteiger charge is 2.59. The average Bonchev–Trinajstić information content (AvgIpc) is 2.96. The maximum atomic E-state index is 6.62. The van der Waals surface area contributed by atoms with Gasteiger partial charge in [-0.3, -0.25) is 0 Å². The molecule has 4 saturated heterocycles. The molecule has 0 aliphatic carbocycles. The third-order valence-electron chi connectivity index (χ3n) is 4.64. The zero-order chi connectivity index (χ0) is 16.3. The number of thioether (sulfide) groups is 2. The molecule has 0 aromatic rings. The Morgan fingerprint density at radius 2 is 1.43 bits per heavy atom. The van der Waals surface area contributed by atoms with Gasteiger partial charge < -0.3 is 23.7 Å². The molecule has 0 bridgehead atoms. The van der Waals surface area contributed by atoms with Crippen molar-refractivity contribution in [3.8, 4) is 0 Å². The number of hydrogen-bond acceptors (Lipinski definition) is 7. The summed E-state index contributed by atoms with van der Waals surface area (Å²) in [6, 6.07) is 0. The summed E-state index contributed by atoms with van der Waals surface area (Å²) in [5, 5.41) is 0. The van der Waals surface area contributed by atoms with Crippen LogP contribution in [0.1, 0.15) is 40.5 Å². The van der Waals surface area contributed by atoms with E-state index in [1.807, 2.05) is 51.2 Å². The molecule has 0 aromatic carbocycles. The van der Waals surface area contributed by atoms with Gasteiger partial charge in [0.15, 0.2) is 15.8 Å². The molecule has 4 atom stereocenters. The van der Waals surface area contributed by atoms with Crippen LogP contribution in [-0.2, 0) is 23.7 Å². The maximum absolute atomic E-state index is 6.62. The molecule has 0 saturated carbocycles. The van der Waals surface area contributed by atoms with E-state index >= 15 is 0 Å². The zero-order valence-corrected chi connectivity index (χ0v) is 15.8. The Morgan fingerprint density at radius 3 is 2.09 bits per heavy atom. The molecule has 0 unspecified atom stereocenters. The van der Waals surface area contributed by atoms with Gasteiger partial charge >= 0.3 is 0 Å². The number of rotatable bonds is 1. The van der Waals surface area contributed by atoms with Crippen molar-refractivity contribution in [2.75, 3.05) is 18.1 Å². The van der Waals surface area contributed by atoms with Gasteiger partial charge in [0.25, 0.3) is 0 Å². The summed E-state index contributed by atoms with van der Waals surface area (Å²) in [5.74, 6) is 1.14. The maximum Gasteiger partial charge on any atom is 0.163 e. The molecule has 1 spiro atoms. The highest BCUT2D eigenvalue weighted by atomic mass is 32.2. The summed E-state index contributed by atoms with van der Waals surface area (Å²) < 4.78 is 30.6. The van der Waals surface area contributed by atoms with Gasteiger partial charge in [0.2, 0.25) is 0 Å². The third kappa shape index (κ3) is 3.30. The van der Waals surface area contributed by atoms with Gasteiger partial charge in [0.1, 0.15) is 18.3 Å². The van der Waals surface area contributed by atoms with E-state index in [-0.39, 0.29) is 28.7 Å². The van der Waals surface area contributed by atoms with Gasteiger partial charge in [-0.1, -0.05) is 0 Å². The highest BCUT2D eigenvalue weighted by Crippen LogP contribution is 2.54. The van der Waals surface area contributed by atoms with Crippen LogP contribution in [0.4, 0.5) is 0 Å². The molecule has 0 N–H and O–H groups in total. The molecule has 132 valence electrons. The molecule has 4 fully saturated rings. The lowest BCUT2D eigenvalue weighted by Crippen LogP contribution is -2.56. The molecule has 4 aliphatic heterocycles. The second-order valence-corrected chi connectivity index (χ2v) is 10.5. The van der Waals surface area contributed by atoms with Gasteiger partial charge in [0.05, 0.1) is 12.7 Å². The molecule has 0 amide bonds. The number of ether oxygens (including phenoxy) is 5. The minimum Gasteiger partial charge on any atom is -0.348 e.